The molecule has 1 rings (SSSR count). The highest BCUT2D eigenvalue weighted by molar-refractivity contribution is 6.35. The molecule has 0 aliphatic rings. The molecular weight excluding hydrogens is 252 g/mol. The van der Waals surface area contributed by atoms with Crippen LogP contribution >= 0.6 is 0 Å². The number of ketones is 2. The van der Waals surface area contributed by atoms with Crippen molar-refractivity contribution >= 4 is 23.5 Å². The highest BCUT2D eigenvalue weighted by Crippen LogP contribution is 2.23. The second kappa shape index (κ2) is 5.43. The van der Waals surface area contributed by atoms with Gasteiger partial charge in [0, 0.05) is 6.42 Å². The molecular formula is C13H12O6. The summed E-state index contributed by atoms with van der Waals surface area (Å²) < 4.78 is 0. The van der Waals surface area contributed by atoms with Crippen LogP contribution in [0.25, 0.3) is 0 Å². The topological polar surface area (TPSA) is 109 Å². The minimum Gasteiger partial charge on any atom is -0.480 e. The van der Waals surface area contributed by atoms with E-state index in [2.05, 4.69) is 0 Å². The number of hydrogen-bond donors (Lipinski definition) is 2. The molecule has 0 aliphatic heterocycles. The molecule has 0 aliphatic carbocycles. The average molecular weight is 264 g/mol. The zero-order valence-corrected chi connectivity index (χ0v) is 10.1. The summed E-state index contributed by atoms with van der Waals surface area (Å²) in [6.07, 6.45) is -0.432. The van der Waals surface area contributed by atoms with Crippen LogP contribution < -0.4 is 0 Å². The monoisotopic (exact) mass is 264 g/mol. The maximum absolute atomic E-state index is 12.0. The van der Waals surface area contributed by atoms with Gasteiger partial charge in [0.15, 0.2) is 11.6 Å². The third-order valence-corrected chi connectivity index (χ3v) is 2.80. The van der Waals surface area contributed by atoms with Crippen molar-refractivity contribution in [2.45, 2.75) is 13.3 Å². The Labute approximate surface area is 108 Å². The van der Waals surface area contributed by atoms with Crippen LogP contribution in [0.4, 0.5) is 0 Å². The molecule has 6 nitrogen and oxygen atoms in total. The number of rotatable bonds is 6. The van der Waals surface area contributed by atoms with Crippen molar-refractivity contribution < 1.29 is 29.4 Å². The van der Waals surface area contributed by atoms with E-state index in [1.165, 1.54) is 0 Å². The first-order chi connectivity index (χ1) is 8.83. The molecule has 0 saturated heterocycles. The summed E-state index contributed by atoms with van der Waals surface area (Å²) in [4.78, 5) is 45.6. The summed E-state index contributed by atoms with van der Waals surface area (Å²) in [7, 11) is 0. The van der Waals surface area contributed by atoms with Gasteiger partial charge in [-0.15, -0.1) is 0 Å². The van der Waals surface area contributed by atoms with Gasteiger partial charge in [0.2, 0.25) is 0 Å². The largest absolute Gasteiger partial charge is 0.480 e. The molecule has 0 aromatic heterocycles. The first-order valence-corrected chi connectivity index (χ1v) is 5.38. The SMILES string of the molecule is CC(=O)C(C(=O)O)(C(=O)O)C(=O)Cc1ccccc1. The Kier molecular flexibility index (Phi) is 4.16. The lowest BCUT2D eigenvalue weighted by molar-refractivity contribution is -0.170. The van der Waals surface area contributed by atoms with E-state index in [1.807, 2.05) is 0 Å². The standard InChI is InChI=1S/C13H12O6/c1-8(14)13(11(16)17,12(18)19)10(15)7-9-5-3-2-4-6-9/h2-6H,7H2,1H3,(H,16,17)(H,18,19). The summed E-state index contributed by atoms with van der Waals surface area (Å²) in [5.74, 6) is -6.30. The van der Waals surface area contributed by atoms with Gasteiger partial charge in [-0.3, -0.25) is 19.2 Å². The first kappa shape index (κ1) is 14.6. The highest BCUT2D eigenvalue weighted by atomic mass is 16.4. The number of hydrogen-bond acceptors (Lipinski definition) is 4. The fraction of sp³-hybridized carbons (Fsp3) is 0.231. The van der Waals surface area contributed by atoms with Crippen molar-refractivity contribution in [1.82, 2.24) is 0 Å². The van der Waals surface area contributed by atoms with Crippen LogP contribution in [0, 0.1) is 5.41 Å². The Morgan fingerprint density at radius 1 is 1.00 bits per heavy atom. The zero-order valence-electron chi connectivity index (χ0n) is 10.1. The molecule has 1 aromatic carbocycles. The van der Waals surface area contributed by atoms with Gasteiger partial charge in [0.1, 0.15) is 0 Å². The highest BCUT2D eigenvalue weighted by Gasteiger charge is 2.57. The van der Waals surface area contributed by atoms with Crippen molar-refractivity contribution in [3.8, 4) is 0 Å². The van der Waals surface area contributed by atoms with Gasteiger partial charge in [-0.25, -0.2) is 0 Å². The van der Waals surface area contributed by atoms with Crippen molar-refractivity contribution in [2.24, 2.45) is 5.41 Å². The molecule has 19 heavy (non-hydrogen) atoms. The van der Waals surface area contributed by atoms with E-state index in [4.69, 9.17) is 10.2 Å². The Morgan fingerprint density at radius 2 is 1.47 bits per heavy atom. The molecule has 0 fully saturated rings. The maximum Gasteiger partial charge on any atom is 0.336 e. The lowest BCUT2D eigenvalue weighted by Crippen LogP contribution is -2.52. The van der Waals surface area contributed by atoms with E-state index in [1.54, 1.807) is 30.3 Å². The van der Waals surface area contributed by atoms with Crippen LogP contribution in [-0.4, -0.2) is 33.7 Å². The molecule has 0 unspecified atom stereocenters. The molecule has 1 aromatic rings. The quantitative estimate of drug-likeness (QED) is 0.726. The maximum atomic E-state index is 12.0. The summed E-state index contributed by atoms with van der Waals surface area (Å²) in [6, 6.07) is 8.04. The third kappa shape index (κ3) is 2.52. The number of carboxylic acid groups (broad SMARTS) is 2. The molecule has 0 spiro atoms. The number of carboxylic acids is 2. The van der Waals surface area contributed by atoms with Gasteiger partial charge in [0.25, 0.3) is 5.41 Å². The van der Waals surface area contributed by atoms with E-state index in [0.29, 0.717) is 5.56 Å². The summed E-state index contributed by atoms with van der Waals surface area (Å²) in [6.45, 7) is 0.783. The molecule has 100 valence electrons. The second-order valence-electron chi connectivity index (χ2n) is 4.00. The van der Waals surface area contributed by atoms with E-state index >= 15 is 0 Å². The fourth-order valence-electron chi connectivity index (χ4n) is 1.74. The molecule has 0 heterocycles. The van der Waals surface area contributed by atoms with Crippen LogP contribution in [-0.2, 0) is 25.6 Å². The van der Waals surface area contributed by atoms with Crippen molar-refractivity contribution in [1.29, 1.82) is 0 Å². The smallest absolute Gasteiger partial charge is 0.336 e. The van der Waals surface area contributed by atoms with Gasteiger partial charge in [-0.1, -0.05) is 30.3 Å². The number of carbonyl (C=O) groups is 4. The third-order valence-electron chi connectivity index (χ3n) is 2.80. The Morgan fingerprint density at radius 3 is 1.84 bits per heavy atom. The van der Waals surface area contributed by atoms with Crippen LogP contribution in [0.15, 0.2) is 30.3 Å². The molecule has 0 radical (unpaired) electrons. The Hall–Kier alpha value is -2.50. The van der Waals surface area contributed by atoms with Gasteiger partial charge >= 0.3 is 11.9 Å². The number of Topliss-reactive ketones (excluding diaryl/α,β-unsaturated/α-hetero) is 2. The number of aliphatic carboxylic acids is 2. The predicted molar refractivity (Wildman–Crippen MR) is 63.5 cm³/mol. The summed E-state index contributed by atoms with van der Waals surface area (Å²) in [5.41, 5.74) is -2.59. The molecule has 2 N–H and O–H groups in total. The predicted octanol–water partition coefficient (Wildman–Crippen LogP) is 0.543. The van der Waals surface area contributed by atoms with Crippen LogP contribution in [0.1, 0.15) is 12.5 Å². The van der Waals surface area contributed by atoms with E-state index in [9.17, 15) is 19.2 Å². The Balaban J connectivity index is 3.20. The zero-order chi connectivity index (χ0) is 14.6. The molecule has 0 saturated carbocycles. The Bertz CT molecular complexity index is 495. The molecule has 0 bridgehead atoms. The van der Waals surface area contributed by atoms with Gasteiger partial charge in [-0.2, -0.15) is 0 Å². The van der Waals surface area contributed by atoms with E-state index < -0.39 is 35.3 Å². The fourth-order valence-corrected chi connectivity index (χ4v) is 1.74. The van der Waals surface area contributed by atoms with Gasteiger partial charge in [-0.05, 0) is 12.5 Å². The summed E-state index contributed by atoms with van der Waals surface area (Å²) >= 11 is 0. The van der Waals surface area contributed by atoms with Crippen molar-refractivity contribution in [3.63, 3.8) is 0 Å². The van der Waals surface area contributed by atoms with E-state index in [-0.39, 0.29) is 0 Å². The lowest BCUT2D eigenvalue weighted by Gasteiger charge is -2.20. The van der Waals surface area contributed by atoms with E-state index in [0.717, 1.165) is 6.92 Å². The number of carbonyl (C=O) groups excluding carboxylic acids is 2. The first-order valence-electron chi connectivity index (χ1n) is 5.38. The normalized spacial score (nSPS) is 10.8. The minimum atomic E-state index is -3.03. The van der Waals surface area contributed by atoms with Crippen LogP contribution in [0.5, 0.6) is 0 Å². The second-order valence-corrected chi connectivity index (χ2v) is 4.00. The molecule has 0 amide bonds. The molecule has 6 heteroatoms. The number of benzene rings is 1. The summed E-state index contributed by atoms with van der Waals surface area (Å²) in [5, 5.41) is 18.0. The lowest BCUT2D eigenvalue weighted by atomic mass is 9.77. The van der Waals surface area contributed by atoms with Crippen molar-refractivity contribution in [3.05, 3.63) is 35.9 Å². The van der Waals surface area contributed by atoms with Crippen LogP contribution in [0.3, 0.4) is 0 Å². The van der Waals surface area contributed by atoms with Gasteiger partial charge in [0.05, 0.1) is 0 Å². The van der Waals surface area contributed by atoms with Crippen LogP contribution in [0.2, 0.25) is 0 Å². The van der Waals surface area contributed by atoms with Gasteiger partial charge < -0.3 is 10.2 Å². The molecule has 0 atom stereocenters. The average Bonchev–Trinajstić information content (AvgIpc) is 2.29. The minimum absolute atomic E-state index is 0.432. The van der Waals surface area contributed by atoms with Crippen molar-refractivity contribution in [2.75, 3.05) is 0 Å².